The molecule has 0 aliphatic carbocycles. The predicted molar refractivity (Wildman–Crippen MR) is 82.7 cm³/mol. The van der Waals surface area contributed by atoms with Gasteiger partial charge >= 0.3 is 0 Å². The maximum Gasteiger partial charge on any atom is 0.162 e. The number of rotatable bonds is 3. The molecule has 1 aliphatic rings. The average molecular weight is 330 g/mol. The highest BCUT2D eigenvalue weighted by Gasteiger charge is 2.22. The average Bonchev–Trinajstić information content (AvgIpc) is 2.86. The predicted octanol–water partition coefficient (Wildman–Crippen LogP) is 4.13. The molecule has 2 heterocycles. The van der Waals surface area contributed by atoms with Crippen LogP contribution in [0.4, 0.5) is 0 Å². The fourth-order valence-electron chi connectivity index (χ4n) is 2.24. The van der Waals surface area contributed by atoms with Crippen LogP contribution in [-0.2, 0) is 0 Å². The lowest BCUT2D eigenvalue weighted by Gasteiger charge is -2.22. The van der Waals surface area contributed by atoms with Crippen molar-refractivity contribution in [3.05, 3.63) is 44.1 Å². The van der Waals surface area contributed by atoms with Gasteiger partial charge < -0.3 is 14.8 Å². The number of hydrogen-bond acceptors (Lipinski definition) is 4. The number of thiophene rings is 1. The van der Waals surface area contributed by atoms with Crippen molar-refractivity contribution in [2.24, 2.45) is 0 Å². The summed E-state index contributed by atoms with van der Waals surface area (Å²) in [5, 5.41) is 3.92. The van der Waals surface area contributed by atoms with Gasteiger partial charge in [0.2, 0.25) is 0 Å². The van der Waals surface area contributed by atoms with Crippen molar-refractivity contribution in [3.63, 3.8) is 0 Å². The Hall–Kier alpha value is -0.940. The first-order valence-corrected chi connectivity index (χ1v) is 7.78. The summed E-state index contributed by atoms with van der Waals surface area (Å²) in [6.07, 6.45) is 0. The van der Waals surface area contributed by atoms with Crippen molar-refractivity contribution < 1.29 is 9.47 Å². The van der Waals surface area contributed by atoms with Gasteiger partial charge in [-0.3, -0.25) is 0 Å². The van der Waals surface area contributed by atoms with Crippen LogP contribution in [0.1, 0.15) is 16.5 Å². The smallest absolute Gasteiger partial charge is 0.162 e. The topological polar surface area (TPSA) is 30.5 Å². The summed E-state index contributed by atoms with van der Waals surface area (Å²) in [6, 6.07) is 7.62. The van der Waals surface area contributed by atoms with Gasteiger partial charge in [0.05, 0.1) is 10.4 Å². The van der Waals surface area contributed by atoms with Crippen LogP contribution in [0.2, 0.25) is 9.36 Å². The molecular formula is C14H13Cl2NO2S. The molecule has 1 unspecified atom stereocenters. The lowest BCUT2D eigenvalue weighted by atomic mass is 10.0. The number of halogens is 2. The van der Waals surface area contributed by atoms with Crippen LogP contribution in [0.25, 0.3) is 0 Å². The van der Waals surface area contributed by atoms with Crippen molar-refractivity contribution in [2.75, 3.05) is 20.3 Å². The molecule has 1 aromatic carbocycles. The van der Waals surface area contributed by atoms with Gasteiger partial charge in [0.1, 0.15) is 13.2 Å². The van der Waals surface area contributed by atoms with E-state index in [1.165, 1.54) is 11.3 Å². The minimum Gasteiger partial charge on any atom is -0.486 e. The molecule has 20 heavy (non-hydrogen) atoms. The van der Waals surface area contributed by atoms with Crippen LogP contribution in [0.15, 0.2) is 24.3 Å². The van der Waals surface area contributed by atoms with E-state index in [9.17, 15) is 0 Å². The van der Waals surface area contributed by atoms with Crippen molar-refractivity contribution in [1.82, 2.24) is 5.32 Å². The summed E-state index contributed by atoms with van der Waals surface area (Å²) in [4.78, 5) is 1.11. The molecule has 1 atom stereocenters. The van der Waals surface area contributed by atoms with Gasteiger partial charge in [-0.25, -0.2) is 0 Å². The minimum absolute atomic E-state index is 0.0178. The van der Waals surface area contributed by atoms with E-state index in [1.54, 1.807) is 0 Å². The van der Waals surface area contributed by atoms with Crippen LogP contribution in [-0.4, -0.2) is 20.3 Å². The molecule has 1 aromatic heterocycles. The van der Waals surface area contributed by atoms with Gasteiger partial charge in [0.15, 0.2) is 11.5 Å². The second-order valence-electron chi connectivity index (χ2n) is 4.38. The van der Waals surface area contributed by atoms with E-state index >= 15 is 0 Å². The van der Waals surface area contributed by atoms with Gasteiger partial charge in [-0.2, -0.15) is 0 Å². The summed E-state index contributed by atoms with van der Waals surface area (Å²) in [5.41, 5.74) is 0.955. The molecule has 2 aromatic rings. The molecule has 106 valence electrons. The number of fused-ring (bicyclic) bond motifs is 1. The quantitative estimate of drug-likeness (QED) is 0.918. The standard InChI is InChI=1S/C14H13Cl2NO2S/c1-17-14(12-2-3-13(16)20-12)8-6-10-11(7-9(8)15)19-5-4-18-10/h2-3,6-7,14,17H,4-5H2,1H3. The molecule has 6 heteroatoms. The number of benzene rings is 1. The highest BCUT2D eigenvalue weighted by Crippen LogP contribution is 2.40. The lowest BCUT2D eigenvalue weighted by Crippen LogP contribution is -2.19. The van der Waals surface area contributed by atoms with Crippen molar-refractivity contribution in [2.45, 2.75) is 6.04 Å². The van der Waals surface area contributed by atoms with Crippen LogP contribution >= 0.6 is 34.5 Å². The van der Waals surface area contributed by atoms with E-state index in [4.69, 9.17) is 32.7 Å². The van der Waals surface area contributed by atoms with Crippen LogP contribution < -0.4 is 14.8 Å². The fourth-order valence-corrected chi connectivity index (χ4v) is 3.69. The summed E-state index contributed by atoms with van der Waals surface area (Å²) in [6.45, 7) is 1.11. The van der Waals surface area contributed by atoms with E-state index in [0.29, 0.717) is 24.0 Å². The monoisotopic (exact) mass is 329 g/mol. The molecule has 0 saturated carbocycles. The first kappa shape index (κ1) is 14.0. The second kappa shape index (κ2) is 5.82. The molecule has 1 N–H and O–H groups in total. The molecule has 0 amide bonds. The zero-order chi connectivity index (χ0) is 14.1. The van der Waals surface area contributed by atoms with E-state index < -0.39 is 0 Å². The molecular weight excluding hydrogens is 317 g/mol. The molecule has 0 spiro atoms. The molecule has 0 saturated heterocycles. The van der Waals surface area contributed by atoms with Crippen molar-refractivity contribution >= 4 is 34.5 Å². The Labute approximate surface area is 131 Å². The van der Waals surface area contributed by atoms with Gasteiger partial charge in [-0.15, -0.1) is 11.3 Å². The Balaban J connectivity index is 2.03. The molecule has 0 radical (unpaired) electrons. The van der Waals surface area contributed by atoms with E-state index in [0.717, 1.165) is 20.5 Å². The third kappa shape index (κ3) is 2.61. The second-order valence-corrected chi connectivity index (χ2v) is 6.53. The Morgan fingerprint density at radius 1 is 1.15 bits per heavy atom. The lowest BCUT2D eigenvalue weighted by molar-refractivity contribution is 0.171. The summed E-state index contributed by atoms with van der Waals surface area (Å²) < 4.78 is 11.9. The molecule has 3 nitrogen and oxygen atoms in total. The Kier molecular flexibility index (Phi) is 4.08. The van der Waals surface area contributed by atoms with Gasteiger partial charge in [-0.1, -0.05) is 23.2 Å². The third-order valence-electron chi connectivity index (χ3n) is 3.14. The summed E-state index contributed by atoms with van der Waals surface area (Å²) >= 11 is 13.9. The third-order valence-corrected chi connectivity index (χ3v) is 4.76. The van der Waals surface area contributed by atoms with E-state index in [2.05, 4.69) is 5.32 Å². The molecule has 1 aliphatic heterocycles. The highest BCUT2D eigenvalue weighted by molar-refractivity contribution is 7.16. The Morgan fingerprint density at radius 2 is 1.85 bits per heavy atom. The summed E-state index contributed by atoms with van der Waals surface area (Å²) in [7, 11) is 1.89. The first-order valence-electron chi connectivity index (χ1n) is 6.20. The van der Waals surface area contributed by atoms with Crippen molar-refractivity contribution in [3.8, 4) is 11.5 Å². The molecule has 3 rings (SSSR count). The van der Waals surface area contributed by atoms with Gasteiger partial charge in [0, 0.05) is 16.0 Å². The highest BCUT2D eigenvalue weighted by atomic mass is 35.5. The van der Waals surface area contributed by atoms with Crippen LogP contribution in [0.3, 0.4) is 0 Å². The zero-order valence-corrected chi connectivity index (χ0v) is 13.1. The molecule has 0 fully saturated rings. The number of hydrogen-bond donors (Lipinski definition) is 1. The van der Waals surface area contributed by atoms with Gasteiger partial charge in [0.25, 0.3) is 0 Å². The maximum atomic E-state index is 6.39. The molecule has 0 bridgehead atoms. The Morgan fingerprint density at radius 3 is 2.45 bits per heavy atom. The van der Waals surface area contributed by atoms with Crippen molar-refractivity contribution in [1.29, 1.82) is 0 Å². The number of nitrogens with one attached hydrogen (secondary N) is 1. The van der Waals surface area contributed by atoms with E-state index in [-0.39, 0.29) is 6.04 Å². The van der Waals surface area contributed by atoms with Crippen LogP contribution in [0.5, 0.6) is 11.5 Å². The van der Waals surface area contributed by atoms with Gasteiger partial charge in [-0.05, 0) is 30.8 Å². The van der Waals surface area contributed by atoms with E-state index in [1.807, 2.05) is 31.3 Å². The number of ether oxygens (including phenoxy) is 2. The van der Waals surface area contributed by atoms with Crippen LogP contribution in [0, 0.1) is 0 Å². The Bertz CT molecular complexity index is 630. The largest absolute Gasteiger partial charge is 0.486 e. The maximum absolute atomic E-state index is 6.39. The fraction of sp³-hybridized carbons (Fsp3) is 0.286. The SMILES string of the molecule is CNC(c1ccc(Cl)s1)c1cc2c(cc1Cl)OCCO2. The summed E-state index contributed by atoms with van der Waals surface area (Å²) in [5.74, 6) is 1.43. The normalized spacial score (nSPS) is 15.2. The zero-order valence-electron chi connectivity index (χ0n) is 10.8. The minimum atomic E-state index is -0.0178. The first-order chi connectivity index (χ1) is 9.69.